The molecule has 20 heavy (non-hydrogen) atoms. The van der Waals surface area contributed by atoms with E-state index >= 15 is 0 Å². The Balaban J connectivity index is 2.03. The van der Waals surface area contributed by atoms with Gasteiger partial charge in [0.2, 0.25) is 0 Å². The Kier molecular flexibility index (Phi) is 4.94. The van der Waals surface area contributed by atoms with Crippen molar-refractivity contribution in [3.05, 3.63) is 70.3 Å². The SMILES string of the molecule is Cc1cccc(C)c1CN(C)Cc1ccc(CN)cc1. The van der Waals surface area contributed by atoms with Crippen molar-refractivity contribution >= 4 is 0 Å². The Morgan fingerprint density at radius 1 is 0.850 bits per heavy atom. The molecule has 106 valence electrons. The van der Waals surface area contributed by atoms with Gasteiger partial charge in [-0.25, -0.2) is 0 Å². The average Bonchev–Trinajstić information content (AvgIpc) is 2.44. The van der Waals surface area contributed by atoms with E-state index in [-0.39, 0.29) is 0 Å². The zero-order valence-electron chi connectivity index (χ0n) is 12.7. The van der Waals surface area contributed by atoms with E-state index in [0.29, 0.717) is 6.54 Å². The summed E-state index contributed by atoms with van der Waals surface area (Å²) in [5, 5.41) is 0. The van der Waals surface area contributed by atoms with Crippen LogP contribution in [0.4, 0.5) is 0 Å². The van der Waals surface area contributed by atoms with Gasteiger partial charge in [0.1, 0.15) is 0 Å². The fourth-order valence-corrected chi connectivity index (χ4v) is 2.52. The van der Waals surface area contributed by atoms with Crippen LogP contribution in [0.15, 0.2) is 42.5 Å². The predicted octanol–water partition coefficient (Wildman–Crippen LogP) is 3.39. The average molecular weight is 268 g/mol. The largest absolute Gasteiger partial charge is 0.326 e. The lowest BCUT2D eigenvalue weighted by atomic mass is 10.0. The summed E-state index contributed by atoms with van der Waals surface area (Å²) in [4.78, 5) is 2.35. The summed E-state index contributed by atoms with van der Waals surface area (Å²) in [6.45, 7) is 6.92. The molecule has 0 amide bonds. The molecular weight excluding hydrogens is 244 g/mol. The van der Waals surface area contributed by atoms with Crippen LogP contribution in [-0.4, -0.2) is 11.9 Å². The Labute approximate surface area is 122 Å². The first-order valence-corrected chi connectivity index (χ1v) is 7.11. The maximum atomic E-state index is 5.63. The molecule has 2 heteroatoms. The molecule has 2 aromatic carbocycles. The molecule has 2 nitrogen and oxygen atoms in total. The summed E-state index contributed by atoms with van der Waals surface area (Å²) < 4.78 is 0. The number of hydrogen-bond donors (Lipinski definition) is 1. The van der Waals surface area contributed by atoms with E-state index in [1.807, 2.05) is 0 Å². The van der Waals surface area contributed by atoms with Crippen molar-refractivity contribution in [2.75, 3.05) is 7.05 Å². The van der Waals surface area contributed by atoms with E-state index in [0.717, 1.165) is 13.1 Å². The minimum absolute atomic E-state index is 0.610. The summed E-state index contributed by atoms with van der Waals surface area (Å²) in [5.41, 5.74) is 12.3. The number of aryl methyl sites for hydroxylation is 2. The molecule has 2 N–H and O–H groups in total. The second-order valence-electron chi connectivity index (χ2n) is 5.56. The van der Waals surface area contributed by atoms with Crippen LogP contribution in [0.3, 0.4) is 0 Å². The molecule has 0 aliphatic carbocycles. The summed E-state index contributed by atoms with van der Waals surface area (Å²) in [7, 11) is 2.17. The van der Waals surface area contributed by atoms with Gasteiger partial charge in [0, 0.05) is 19.6 Å². The Bertz CT molecular complexity index is 538. The molecule has 0 aliphatic rings. The van der Waals surface area contributed by atoms with Crippen molar-refractivity contribution in [2.45, 2.75) is 33.5 Å². The lowest BCUT2D eigenvalue weighted by Crippen LogP contribution is -2.18. The number of nitrogens with zero attached hydrogens (tertiary/aromatic N) is 1. The second kappa shape index (κ2) is 6.69. The van der Waals surface area contributed by atoms with Crippen LogP contribution in [-0.2, 0) is 19.6 Å². The molecule has 0 atom stereocenters. The van der Waals surface area contributed by atoms with E-state index in [9.17, 15) is 0 Å². The van der Waals surface area contributed by atoms with E-state index in [1.54, 1.807) is 0 Å². The van der Waals surface area contributed by atoms with Gasteiger partial charge < -0.3 is 5.73 Å². The topological polar surface area (TPSA) is 29.3 Å². The van der Waals surface area contributed by atoms with Crippen LogP contribution in [0, 0.1) is 13.8 Å². The van der Waals surface area contributed by atoms with Gasteiger partial charge in [0.15, 0.2) is 0 Å². The quantitative estimate of drug-likeness (QED) is 0.900. The normalized spacial score (nSPS) is 11.1. The van der Waals surface area contributed by atoms with Crippen molar-refractivity contribution in [1.29, 1.82) is 0 Å². The monoisotopic (exact) mass is 268 g/mol. The molecule has 2 rings (SSSR count). The molecule has 0 saturated carbocycles. The van der Waals surface area contributed by atoms with Crippen molar-refractivity contribution in [3.8, 4) is 0 Å². The number of rotatable bonds is 5. The first-order valence-electron chi connectivity index (χ1n) is 7.11. The molecule has 0 unspecified atom stereocenters. The summed E-state index contributed by atoms with van der Waals surface area (Å²) in [6.07, 6.45) is 0. The maximum Gasteiger partial charge on any atom is 0.0239 e. The third-order valence-electron chi connectivity index (χ3n) is 3.78. The highest BCUT2D eigenvalue weighted by Gasteiger charge is 2.06. The Morgan fingerprint density at radius 2 is 1.40 bits per heavy atom. The van der Waals surface area contributed by atoms with Crippen LogP contribution in [0.5, 0.6) is 0 Å². The van der Waals surface area contributed by atoms with Crippen LogP contribution >= 0.6 is 0 Å². The molecule has 0 radical (unpaired) electrons. The molecule has 0 aromatic heterocycles. The highest BCUT2D eigenvalue weighted by atomic mass is 15.1. The maximum absolute atomic E-state index is 5.63. The minimum atomic E-state index is 0.610. The fourth-order valence-electron chi connectivity index (χ4n) is 2.52. The van der Waals surface area contributed by atoms with Crippen molar-refractivity contribution in [1.82, 2.24) is 4.90 Å². The van der Waals surface area contributed by atoms with Gasteiger partial charge in [-0.05, 0) is 48.7 Å². The second-order valence-corrected chi connectivity index (χ2v) is 5.56. The smallest absolute Gasteiger partial charge is 0.0239 e. The molecule has 0 spiro atoms. The minimum Gasteiger partial charge on any atom is -0.326 e. The van der Waals surface area contributed by atoms with Gasteiger partial charge in [-0.3, -0.25) is 4.90 Å². The van der Waals surface area contributed by atoms with Gasteiger partial charge in [0.25, 0.3) is 0 Å². The summed E-state index contributed by atoms with van der Waals surface area (Å²) in [5.74, 6) is 0. The van der Waals surface area contributed by atoms with Crippen LogP contribution in [0.1, 0.15) is 27.8 Å². The fraction of sp³-hybridized carbons (Fsp3) is 0.333. The first-order chi connectivity index (χ1) is 9.60. The zero-order valence-corrected chi connectivity index (χ0v) is 12.7. The van der Waals surface area contributed by atoms with Crippen LogP contribution < -0.4 is 5.73 Å². The van der Waals surface area contributed by atoms with Crippen molar-refractivity contribution in [2.24, 2.45) is 5.73 Å². The van der Waals surface area contributed by atoms with Gasteiger partial charge in [0.05, 0.1) is 0 Å². The van der Waals surface area contributed by atoms with E-state index in [1.165, 1.54) is 27.8 Å². The molecule has 0 bridgehead atoms. The molecule has 0 aliphatic heterocycles. The van der Waals surface area contributed by atoms with Gasteiger partial charge in [-0.15, -0.1) is 0 Å². The van der Waals surface area contributed by atoms with Gasteiger partial charge in [-0.1, -0.05) is 42.5 Å². The molecule has 2 aromatic rings. The van der Waals surface area contributed by atoms with Crippen LogP contribution in [0.2, 0.25) is 0 Å². The van der Waals surface area contributed by atoms with E-state index < -0.39 is 0 Å². The Hall–Kier alpha value is -1.64. The molecule has 0 heterocycles. The highest BCUT2D eigenvalue weighted by molar-refractivity contribution is 5.33. The lowest BCUT2D eigenvalue weighted by Gasteiger charge is -2.20. The molecule has 0 fully saturated rings. The third-order valence-corrected chi connectivity index (χ3v) is 3.78. The zero-order chi connectivity index (χ0) is 14.5. The van der Waals surface area contributed by atoms with E-state index in [2.05, 4.69) is 68.3 Å². The molecular formula is C18H24N2. The Morgan fingerprint density at radius 3 is 1.95 bits per heavy atom. The first kappa shape index (κ1) is 14.8. The number of nitrogens with two attached hydrogens (primary N) is 1. The van der Waals surface area contributed by atoms with E-state index in [4.69, 9.17) is 5.73 Å². The number of benzene rings is 2. The highest BCUT2D eigenvalue weighted by Crippen LogP contribution is 2.16. The van der Waals surface area contributed by atoms with Gasteiger partial charge in [-0.2, -0.15) is 0 Å². The standard InChI is InChI=1S/C18H24N2/c1-14-5-4-6-15(2)18(14)13-20(3)12-17-9-7-16(11-19)8-10-17/h4-10H,11-13,19H2,1-3H3. The van der Waals surface area contributed by atoms with Crippen molar-refractivity contribution in [3.63, 3.8) is 0 Å². The molecule has 0 saturated heterocycles. The predicted molar refractivity (Wildman–Crippen MR) is 85.4 cm³/mol. The van der Waals surface area contributed by atoms with Gasteiger partial charge >= 0.3 is 0 Å². The lowest BCUT2D eigenvalue weighted by molar-refractivity contribution is 0.317. The van der Waals surface area contributed by atoms with Crippen molar-refractivity contribution < 1.29 is 0 Å². The number of hydrogen-bond acceptors (Lipinski definition) is 2. The summed E-state index contributed by atoms with van der Waals surface area (Å²) in [6, 6.07) is 15.1. The van der Waals surface area contributed by atoms with Crippen LogP contribution in [0.25, 0.3) is 0 Å². The third kappa shape index (κ3) is 3.69. The summed E-state index contributed by atoms with van der Waals surface area (Å²) >= 11 is 0.